The van der Waals surface area contributed by atoms with Crippen molar-refractivity contribution in [2.24, 2.45) is 5.73 Å². The predicted octanol–water partition coefficient (Wildman–Crippen LogP) is 3.27. The highest BCUT2D eigenvalue weighted by molar-refractivity contribution is 6.07. The summed E-state index contributed by atoms with van der Waals surface area (Å²) in [7, 11) is 1.39. The topological polar surface area (TPSA) is 55.6 Å². The molecular weight excluding hydrogens is 295 g/mol. The predicted molar refractivity (Wildman–Crippen MR) is 87.2 cm³/mol. The lowest BCUT2D eigenvalue weighted by atomic mass is 9.92. The number of para-hydroxylation sites is 1. The van der Waals surface area contributed by atoms with Gasteiger partial charge in [0.1, 0.15) is 0 Å². The molecule has 1 heterocycles. The number of amides is 1. The van der Waals surface area contributed by atoms with Crippen molar-refractivity contribution in [3.8, 4) is 5.75 Å². The van der Waals surface area contributed by atoms with Crippen LogP contribution in [0.2, 0.25) is 0 Å². The summed E-state index contributed by atoms with van der Waals surface area (Å²) < 4.78 is 18.8. The number of nitrogens with two attached hydrogens (primary N) is 1. The van der Waals surface area contributed by atoms with Crippen LogP contribution in [0.4, 0.5) is 10.1 Å². The van der Waals surface area contributed by atoms with E-state index < -0.39 is 5.82 Å². The van der Waals surface area contributed by atoms with Crippen molar-refractivity contribution in [1.29, 1.82) is 0 Å². The highest BCUT2D eigenvalue weighted by atomic mass is 19.1. The number of ether oxygens (including phenoxy) is 1. The Kier molecular flexibility index (Phi) is 4.05. The molecule has 0 saturated heterocycles. The molecule has 2 N–H and O–H groups in total. The van der Waals surface area contributed by atoms with E-state index in [-0.39, 0.29) is 23.7 Å². The molecule has 3 rings (SSSR count). The van der Waals surface area contributed by atoms with E-state index >= 15 is 0 Å². The van der Waals surface area contributed by atoms with Crippen LogP contribution in [0.25, 0.3) is 0 Å². The summed E-state index contributed by atoms with van der Waals surface area (Å²) >= 11 is 0. The van der Waals surface area contributed by atoms with Gasteiger partial charge in [-0.2, -0.15) is 0 Å². The maximum absolute atomic E-state index is 13.9. The Morgan fingerprint density at radius 2 is 2.04 bits per heavy atom. The van der Waals surface area contributed by atoms with Gasteiger partial charge in [-0.3, -0.25) is 4.79 Å². The van der Waals surface area contributed by atoms with Crippen LogP contribution in [-0.4, -0.2) is 19.1 Å². The second-order valence-electron chi connectivity index (χ2n) is 5.77. The zero-order valence-corrected chi connectivity index (χ0v) is 13.1. The lowest BCUT2D eigenvalue weighted by molar-refractivity contribution is 0.0973. The molecule has 0 unspecified atom stereocenters. The normalized spacial score (nSPS) is 20.1. The highest BCUT2D eigenvalue weighted by Crippen LogP contribution is 2.36. The van der Waals surface area contributed by atoms with E-state index in [1.54, 1.807) is 11.0 Å². The molecule has 120 valence electrons. The van der Waals surface area contributed by atoms with Gasteiger partial charge in [-0.25, -0.2) is 4.39 Å². The highest BCUT2D eigenvalue weighted by Gasteiger charge is 2.32. The molecule has 1 aliphatic rings. The smallest absolute Gasteiger partial charge is 0.258 e. The molecule has 0 radical (unpaired) electrons. The van der Waals surface area contributed by atoms with Crippen LogP contribution >= 0.6 is 0 Å². The number of carbonyl (C=O) groups excluding carboxylic acids is 1. The molecule has 0 spiro atoms. The van der Waals surface area contributed by atoms with E-state index in [1.807, 2.05) is 31.2 Å². The zero-order valence-electron chi connectivity index (χ0n) is 13.1. The van der Waals surface area contributed by atoms with E-state index in [9.17, 15) is 9.18 Å². The summed E-state index contributed by atoms with van der Waals surface area (Å²) in [4.78, 5) is 14.6. The first-order chi connectivity index (χ1) is 11.0. The lowest BCUT2D eigenvalue weighted by Gasteiger charge is -2.38. The van der Waals surface area contributed by atoms with Crippen LogP contribution in [0, 0.1) is 5.82 Å². The number of carbonyl (C=O) groups is 1. The summed E-state index contributed by atoms with van der Waals surface area (Å²) in [5.41, 5.74) is 8.21. The van der Waals surface area contributed by atoms with Crippen molar-refractivity contribution in [3.05, 3.63) is 59.4 Å². The molecule has 1 aliphatic heterocycles. The first-order valence-electron chi connectivity index (χ1n) is 7.54. The largest absolute Gasteiger partial charge is 0.494 e. The van der Waals surface area contributed by atoms with E-state index in [2.05, 4.69) is 0 Å². The van der Waals surface area contributed by atoms with Crippen LogP contribution in [0.5, 0.6) is 5.75 Å². The van der Waals surface area contributed by atoms with Gasteiger partial charge in [0.2, 0.25) is 0 Å². The standard InChI is InChI=1S/C18H19FN2O2/c1-11-9-15(20)13-5-3-4-6-16(13)21(11)18(22)12-7-8-17(23-2)14(19)10-12/h3-8,10-11,15H,9,20H2,1-2H3/t11-,15+/m0/s1. The molecule has 0 aliphatic carbocycles. The van der Waals surface area contributed by atoms with Crippen molar-refractivity contribution < 1.29 is 13.9 Å². The summed E-state index contributed by atoms with van der Waals surface area (Å²) in [6.07, 6.45) is 0.668. The zero-order chi connectivity index (χ0) is 16.6. The van der Waals surface area contributed by atoms with Crippen LogP contribution < -0.4 is 15.4 Å². The molecule has 5 heteroatoms. The number of halogens is 1. The summed E-state index contributed by atoms with van der Waals surface area (Å²) in [5.74, 6) is -0.665. The van der Waals surface area contributed by atoms with Crippen molar-refractivity contribution in [1.82, 2.24) is 0 Å². The number of anilines is 1. The van der Waals surface area contributed by atoms with E-state index in [0.717, 1.165) is 11.3 Å². The Morgan fingerprint density at radius 3 is 2.74 bits per heavy atom. The summed E-state index contributed by atoms with van der Waals surface area (Å²) in [6.45, 7) is 1.95. The molecule has 0 aromatic heterocycles. The van der Waals surface area contributed by atoms with Gasteiger partial charge < -0.3 is 15.4 Å². The van der Waals surface area contributed by atoms with Crippen molar-refractivity contribution >= 4 is 11.6 Å². The van der Waals surface area contributed by atoms with Gasteiger partial charge in [0, 0.05) is 23.3 Å². The fourth-order valence-electron chi connectivity index (χ4n) is 3.11. The van der Waals surface area contributed by atoms with Gasteiger partial charge in [0.15, 0.2) is 11.6 Å². The molecule has 23 heavy (non-hydrogen) atoms. The Bertz CT molecular complexity index is 748. The van der Waals surface area contributed by atoms with Gasteiger partial charge in [-0.15, -0.1) is 0 Å². The monoisotopic (exact) mass is 314 g/mol. The maximum atomic E-state index is 13.9. The average Bonchev–Trinajstić information content (AvgIpc) is 2.54. The molecule has 0 fully saturated rings. The Labute approximate surface area is 134 Å². The molecule has 2 atom stereocenters. The number of benzene rings is 2. The first kappa shape index (κ1) is 15.5. The fraction of sp³-hybridized carbons (Fsp3) is 0.278. The molecular formula is C18H19FN2O2. The third-order valence-electron chi connectivity index (χ3n) is 4.25. The number of hydrogen-bond donors (Lipinski definition) is 1. The number of nitrogens with zero attached hydrogens (tertiary/aromatic N) is 1. The van der Waals surface area contributed by atoms with Gasteiger partial charge in [-0.05, 0) is 43.2 Å². The maximum Gasteiger partial charge on any atom is 0.258 e. The molecule has 0 saturated carbocycles. The molecule has 1 amide bonds. The second kappa shape index (κ2) is 6.01. The molecule has 2 aromatic carbocycles. The van der Waals surface area contributed by atoms with Gasteiger partial charge in [0.25, 0.3) is 5.91 Å². The van der Waals surface area contributed by atoms with Gasteiger partial charge in [0.05, 0.1) is 7.11 Å². The van der Waals surface area contributed by atoms with Crippen molar-refractivity contribution in [2.45, 2.75) is 25.4 Å². The summed E-state index contributed by atoms with van der Waals surface area (Å²) in [5, 5.41) is 0. The SMILES string of the molecule is COc1ccc(C(=O)N2c3ccccc3[C@H](N)C[C@@H]2C)cc1F. The Balaban J connectivity index is 2.02. The molecule has 2 aromatic rings. The minimum absolute atomic E-state index is 0.0578. The van der Waals surface area contributed by atoms with E-state index in [0.29, 0.717) is 12.0 Å². The lowest BCUT2D eigenvalue weighted by Crippen LogP contribution is -2.44. The second-order valence-corrected chi connectivity index (χ2v) is 5.77. The minimum atomic E-state index is -0.548. The Morgan fingerprint density at radius 1 is 1.30 bits per heavy atom. The third kappa shape index (κ3) is 2.68. The fourth-order valence-corrected chi connectivity index (χ4v) is 3.11. The quantitative estimate of drug-likeness (QED) is 0.925. The van der Waals surface area contributed by atoms with Crippen LogP contribution in [0.3, 0.4) is 0 Å². The number of methoxy groups -OCH3 is 1. The molecule has 4 nitrogen and oxygen atoms in total. The first-order valence-corrected chi connectivity index (χ1v) is 7.54. The molecule has 0 bridgehead atoms. The summed E-state index contributed by atoms with van der Waals surface area (Å²) in [6, 6.07) is 11.7. The van der Waals surface area contributed by atoms with Gasteiger partial charge >= 0.3 is 0 Å². The van der Waals surface area contributed by atoms with Crippen molar-refractivity contribution in [2.75, 3.05) is 12.0 Å². The number of rotatable bonds is 2. The van der Waals surface area contributed by atoms with Crippen molar-refractivity contribution in [3.63, 3.8) is 0 Å². The van der Waals surface area contributed by atoms with E-state index in [4.69, 9.17) is 10.5 Å². The minimum Gasteiger partial charge on any atom is -0.494 e. The third-order valence-corrected chi connectivity index (χ3v) is 4.25. The van der Waals surface area contributed by atoms with E-state index in [1.165, 1.54) is 19.2 Å². The number of fused-ring (bicyclic) bond motifs is 1. The van der Waals surface area contributed by atoms with Crippen LogP contribution in [0.15, 0.2) is 42.5 Å². The Hall–Kier alpha value is -2.40. The van der Waals surface area contributed by atoms with Crippen LogP contribution in [0.1, 0.15) is 35.3 Å². The number of hydrogen-bond acceptors (Lipinski definition) is 3. The van der Waals surface area contributed by atoms with Crippen LogP contribution in [-0.2, 0) is 0 Å². The van der Waals surface area contributed by atoms with Gasteiger partial charge in [-0.1, -0.05) is 18.2 Å². The average molecular weight is 314 g/mol.